The van der Waals surface area contributed by atoms with Crippen molar-refractivity contribution < 1.29 is 13.6 Å². The molecule has 124 valence electrons. The molecule has 0 unspecified atom stereocenters. The lowest BCUT2D eigenvalue weighted by molar-refractivity contribution is -0.123. The zero-order valence-corrected chi connectivity index (χ0v) is 13.1. The van der Waals surface area contributed by atoms with E-state index in [1.54, 1.807) is 12.1 Å². The van der Waals surface area contributed by atoms with Gasteiger partial charge < -0.3 is 5.32 Å². The first-order chi connectivity index (χ1) is 11.6. The molecular formula is C19H18F2N2O. The molecule has 3 nitrogen and oxygen atoms in total. The number of nitrogens with zero attached hydrogens (tertiary/aromatic N) is 1. The van der Waals surface area contributed by atoms with Gasteiger partial charge in [0.1, 0.15) is 6.17 Å². The number of benzene rings is 1. The summed E-state index contributed by atoms with van der Waals surface area (Å²) in [6, 6.07) is 12.2. The predicted octanol–water partition coefficient (Wildman–Crippen LogP) is 3.66. The van der Waals surface area contributed by atoms with Crippen LogP contribution in [0.15, 0.2) is 42.5 Å². The molecule has 2 fully saturated rings. The second-order valence-corrected chi connectivity index (χ2v) is 6.60. The normalized spacial score (nSPS) is 23.6. The summed E-state index contributed by atoms with van der Waals surface area (Å²) in [5.74, 6) is -1.13. The van der Waals surface area contributed by atoms with Crippen molar-refractivity contribution in [1.29, 1.82) is 0 Å². The number of carbonyl (C=O) groups is 1. The summed E-state index contributed by atoms with van der Waals surface area (Å²) in [5.41, 5.74) is 1.88. The molecule has 2 aromatic rings. The van der Waals surface area contributed by atoms with E-state index in [1.165, 1.54) is 0 Å². The van der Waals surface area contributed by atoms with Crippen molar-refractivity contribution in [2.45, 2.75) is 37.4 Å². The van der Waals surface area contributed by atoms with E-state index >= 15 is 0 Å². The molecule has 5 heteroatoms. The van der Waals surface area contributed by atoms with E-state index < -0.39 is 24.1 Å². The number of nitrogens with one attached hydrogen (secondary N) is 1. The molecule has 1 aromatic heterocycles. The molecule has 24 heavy (non-hydrogen) atoms. The van der Waals surface area contributed by atoms with Crippen molar-refractivity contribution in [2.24, 2.45) is 5.92 Å². The van der Waals surface area contributed by atoms with Crippen LogP contribution in [-0.4, -0.2) is 17.1 Å². The number of carbonyl (C=O) groups excluding carboxylic acids is 1. The number of rotatable bonds is 5. The molecule has 0 radical (unpaired) electrons. The Morgan fingerprint density at radius 3 is 2.46 bits per heavy atom. The van der Waals surface area contributed by atoms with Crippen LogP contribution in [0.25, 0.3) is 0 Å². The van der Waals surface area contributed by atoms with E-state index in [9.17, 15) is 13.6 Å². The molecule has 1 aromatic carbocycles. The molecule has 0 spiro atoms. The Bertz CT molecular complexity index is 761. The van der Waals surface area contributed by atoms with Gasteiger partial charge in [-0.3, -0.25) is 4.79 Å². The van der Waals surface area contributed by atoms with Crippen LogP contribution in [0.3, 0.4) is 0 Å². The van der Waals surface area contributed by atoms with E-state index in [1.807, 2.05) is 30.3 Å². The average Bonchev–Trinajstić information content (AvgIpc) is 3.50. The zero-order chi connectivity index (χ0) is 16.7. The van der Waals surface area contributed by atoms with Crippen LogP contribution in [0.4, 0.5) is 8.78 Å². The fourth-order valence-corrected chi connectivity index (χ4v) is 2.98. The van der Waals surface area contributed by atoms with Gasteiger partial charge in [-0.05, 0) is 36.8 Å². The van der Waals surface area contributed by atoms with E-state index in [-0.39, 0.29) is 18.2 Å². The maximum atomic E-state index is 14.3. The number of amides is 1. The minimum Gasteiger partial charge on any atom is -0.343 e. The second-order valence-electron chi connectivity index (χ2n) is 6.60. The van der Waals surface area contributed by atoms with E-state index in [2.05, 4.69) is 10.3 Å². The highest BCUT2D eigenvalue weighted by Gasteiger charge is 2.44. The van der Waals surface area contributed by atoms with Gasteiger partial charge in [-0.1, -0.05) is 36.4 Å². The molecule has 1 amide bonds. The number of halogens is 2. The SMILES string of the molecule is O=C(N[C@@H](c1ccccc1)c1ccc(C2CC2)c(F)n1)[C@H]1C[C@@H]1F. The van der Waals surface area contributed by atoms with Gasteiger partial charge in [0.05, 0.1) is 17.7 Å². The lowest BCUT2D eigenvalue weighted by atomic mass is 10.0. The van der Waals surface area contributed by atoms with Gasteiger partial charge in [-0.25, -0.2) is 9.37 Å². The molecule has 0 saturated heterocycles. The van der Waals surface area contributed by atoms with Gasteiger partial charge in [-0.15, -0.1) is 0 Å². The molecular weight excluding hydrogens is 310 g/mol. The first-order valence-electron chi connectivity index (χ1n) is 8.29. The van der Waals surface area contributed by atoms with Crippen LogP contribution in [0.1, 0.15) is 48.0 Å². The summed E-state index contributed by atoms with van der Waals surface area (Å²) < 4.78 is 27.5. The summed E-state index contributed by atoms with van der Waals surface area (Å²) in [6.45, 7) is 0. The number of hydrogen-bond acceptors (Lipinski definition) is 2. The number of aromatic nitrogens is 1. The molecule has 1 heterocycles. The minimum absolute atomic E-state index is 0.260. The van der Waals surface area contributed by atoms with Crippen LogP contribution >= 0.6 is 0 Å². The Morgan fingerprint density at radius 1 is 1.17 bits per heavy atom. The number of hydrogen-bond donors (Lipinski definition) is 1. The summed E-state index contributed by atoms with van der Waals surface area (Å²) in [7, 11) is 0. The fraction of sp³-hybridized carbons (Fsp3) is 0.368. The van der Waals surface area contributed by atoms with Gasteiger partial charge >= 0.3 is 0 Å². The standard InChI is InChI=1S/C19H18F2N2O/c20-15-10-14(15)19(24)23-17(12-4-2-1-3-5-12)16-9-8-13(11-6-7-11)18(21)22-16/h1-5,8-9,11,14-15,17H,6-7,10H2,(H,23,24)/t14-,15-,17-/m0/s1. The van der Waals surface area contributed by atoms with E-state index in [0.29, 0.717) is 11.3 Å². The van der Waals surface area contributed by atoms with Crippen molar-refractivity contribution in [3.05, 3.63) is 65.2 Å². The molecule has 3 atom stereocenters. The molecule has 2 aliphatic rings. The summed E-state index contributed by atoms with van der Waals surface area (Å²) in [4.78, 5) is 16.3. The van der Waals surface area contributed by atoms with Crippen molar-refractivity contribution in [3.63, 3.8) is 0 Å². The highest BCUT2D eigenvalue weighted by atomic mass is 19.1. The van der Waals surface area contributed by atoms with Crippen LogP contribution in [-0.2, 0) is 4.79 Å². The Balaban J connectivity index is 1.64. The zero-order valence-electron chi connectivity index (χ0n) is 13.1. The highest BCUT2D eigenvalue weighted by molar-refractivity contribution is 5.82. The first kappa shape index (κ1) is 15.2. The third-order valence-corrected chi connectivity index (χ3v) is 4.68. The van der Waals surface area contributed by atoms with E-state index in [0.717, 1.165) is 18.4 Å². The summed E-state index contributed by atoms with van der Waals surface area (Å²) in [6.07, 6.45) is 1.19. The molecule has 4 rings (SSSR count). The molecule has 1 N–H and O–H groups in total. The minimum atomic E-state index is -1.07. The topological polar surface area (TPSA) is 42.0 Å². The second kappa shape index (κ2) is 5.96. The van der Waals surface area contributed by atoms with Crippen molar-refractivity contribution in [1.82, 2.24) is 10.3 Å². The predicted molar refractivity (Wildman–Crippen MR) is 85.6 cm³/mol. The Kier molecular flexibility index (Phi) is 3.79. The maximum Gasteiger partial charge on any atom is 0.226 e. The van der Waals surface area contributed by atoms with Crippen molar-refractivity contribution in [2.75, 3.05) is 0 Å². The van der Waals surface area contributed by atoms with Gasteiger partial charge in [0.15, 0.2) is 0 Å². The molecule has 0 bridgehead atoms. The van der Waals surface area contributed by atoms with Gasteiger partial charge in [0.25, 0.3) is 0 Å². The third kappa shape index (κ3) is 3.03. The first-order valence-corrected chi connectivity index (χ1v) is 8.29. The quantitative estimate of drug-likeness (QED) is 0.851. The van der Waals surface area contributed by atoms with Crippen molar-refractivity contribution in [3.8, 4) is 0 Å². The van der Waals surface area contributed by atoms with Crippen LogP contribution < -0.4 is 5.32 Å². The Hall–Kier alpha value is -2.30. The smallest absolute Gasteiger partial charge is 0.226 e. The number of pyridine rings is 1. The lowest BCUT2D eigenvalue weighted by Gasteiger charge is -2.19. The van der Waals surface area contributed by atoms with Crippen molar-refractivity contribution >= 4 is 5.91 Å². The molecule has 0 aliphatic heterocycles. The van der Waals surface area contributed by atoms with Crippen LogP contribution in [0.2, 0.25) is 0 Å². The van der Waals surface area contributed by atoms with Gasteiger partial charge in [-0.2, -0.15) is 4.39 Å². The molecule has 2 saturated carbocycles. The number of alkyl halides is 1. The molecule has 2 aliphatic carbocycles. The Labute approximate surface area is 139 Å². The Morgan fingerprint density at radius 2 is 1.88 bits per heavy atom. The maximum absolute atomic E-state index is 14.3. The van der Waals surface area contributed by atoms with Crippen LogP contribution in [0, 0.1) is 11.9 Å². The summed E-state index contributed by atoms with van der Waals surface area (Å²) in [5, 5.41) is 2.83. The largest absolute Gasteiger partial charge is 0.343 e. The van der Waals surface area contributed by atoms with E-state index in [4.69, 9.17) is 0 Å². The third-order valence-electron chi connectivity index (χ3n) is 4.68. The van der Waals surface area contributed by atoms with Gasteiger partial charge in [0.2, 0.25) is 11.9 Å². The monoisotopic (exact) mass is 328 g/mol. The lowest BCUT2D eigenvalue weighted by Crippen LogP contribution is -2.31. The summed E-state index contributed by atoms with van der Waals surface area (Å²) >= 11 is 0. The fourth-order valence-electron chi connectivity index (χ4n) is 2.98. The highest BCUT2D eigenvalue weighted by Crippen LogP contribution is 2.41. The van der Waals surface area contributed by atoms with Gasteiger partial charge in [0, 0.05) is 5.56 Å². The average molecular weight is 328 g/mol. The van der Waals surface area contributed by atoms with Crippen LogP contribution in [0.5, 0.6) is 0 Å².